The van der Waals surface area contributed by atoms with E-state index in [-0.39, 0.29) is 0 Å². The van der Waals surface area contributed by atoms with Crippen LogP contribution in [0.3, 0.4) is 0 Å². The summed E-state index contributed by atoms with van der Waals surface area (Å²) in [6.45, 7) is 0. The van der Waals surface area contributed by atoms with E-state index >= 15 is 0 Å². The van der Waals surface area contributed by atoms with Gasteiger partial charge in [0.15, 0.2) is 0 Å². The molecule has 0 amide bonds. The van der Waals surface area contributed by atoms with Crippen molar-refractivity contribution in [3.8, 4) is 0 Å². The van der Waals surface area contributed by atoms with Crippen LogP contribution in [0, 0.1) is 0 Å². The largest absolute Gasteiger partial charge is 0.227 e. The van der Waals surface area contributed by atoms with Gasteiger partial charge in [0.1, 0.15) is 0 Å². The molecule has 0 radical (unpaired) electrons. The molecule has 1 heterocycles. The zero-order valence-corrected chi connectivity index (χ0v) is 7.74. The van der Waals surface area contributed by atoms with Gasteiger partial charge in [-0.3, -0.25) is 0 Å². The van der Waals surface area contributed by atoms with Crippen molar-refractivity contribution in [2.24, 2.45) is 4.99 Å². The molecular weight excluding hydrogens is 180 g/mol. The van der Waals surface area contributed by atoms with Crippen LogP contribution in [-0.2, 0) is 0 Å². The number of thiazole rings is 1. The Morgan fingerprint density at radius 2 is 2.08 bits per heavy atom. The molecule has 0 aliphatic rings. The Hall–Kier alpha value is -1.48. The third kappa shape index (κ3) is 2.23. The van der Waals surface area contributed by atoms with E-state index in [1.54, 1.807) is 6.20 Å². The summed E-state index contributed by atoms with van der Waals surface area (Å²) in [6, 6.07) is 9.99. The first-order chi connectivity index (χ1) is 6.45. The highest BCUT2D eigenvalue weighted by molar-refractivity contribution is 7.13. The maximum Gasteiger partial charge on any atom is 0.208 e. The molecule has 0 N–H and O–H groups in total. The standard InChI is InChI=1S/C10H8N2S/c1-2-4-9(5-3-1)8-12-10-11-6-7-13-10/h1-8H/b12-8+. The number of aromatic nitrogens is 1. The molecule has 0 unspecified atom stereocenters. The molecule has 0 bridgehead atoms. The van der Waals surface area contributed by atoms with Gasteiger partial charge in [-0.05, 0) is 5.56 Å². The molecule has 1 aromatic heterocycles. The highest BCUT2D eigenvalue weighted by Gasteiger charge is 1.88. The first-order valence-corrected chi connectivity index (χ1v) is 4.82. The normalized spacial score (nSPS) is 10.8. The Morgan fingerprint density at radius 1 is 1.23 bits per heavy atom. The van der Waals surface area contributed by atoms with Crippen molar-refractivity contribution in [1.29, 1.82) is 0 Å². The quantitative estimate of drug-likeness (QED) is 0.665. The molecule has 0 saturated heterocycles. The molecule has 0 spiro atoms. The van der Waals surface area contributed by atoms with E-state index in [2.05, 4.69) is 9.98 Å². The third-order valence-corrected chi connectivity index (χ3v) is 2.22. The van der Waals surface area contributed by atoms with Crippen LogP contribution < -0.4 is 0 Å². The lowest BCUT2D eigenvalue weighted by molar-refractivity contribution is 1.36. The van der Waals surface area contributed by atoms with Gasteiger partial charge in [0.25, 0.3) is 0 Å². The van der Waals surface area contributed by atoms with Gasteiger partial charge in [-0.1, -0.05) is 30.3 Å². The predicted molar refractivity (Wildman–Crippen MR) is 55.8 cm³/mol. The Morgan fingerprint density at radius 3 is 2.77 bits per heavy atom. The van der Waals surface area contributed by atoms with Crippen LogP contribution in [0.2, 0.25) is 0 Å². The molecule has 64 valence electrons. The Balaban J connectivity index is 2.15. The number of nitrogens with zero attached hydrogens (tertiary/aromatic N) is 2. The van der Waals surface area contributed by atoms with E-state index in [0.29, 0.717) is 0 Å². The summed E-state index contributed by atoms with van der Waals surface area (Å²) in [7, 11) is 0. The number of benzene rings is 1. The molecular formula is C10H8N2S. The molecule has 2 aromatic rings. The van der Waals surface area contributed by atoms with Crippen molar-refractivity contribution < 1.29 is 0 Å². The van der Waals surface area contributed by atoms with E-state index in [4.69, 9.17) is 0 Å². The van der Waals surface area contributed by atoms with E-state index in [1.807, 2.05) is 41.9 Å². The summed E-state index contributed by atoms with van der Waals surface area (Å²) in [5, 5.41) is 2.71. The maximum atomic E-state index is 4.22. The molecule has 2 rings (SSSR count). The van der Waals surface area contributed by atoms with Gasteiger partial charge in [0.05, 0.1) is 0 Å². The fraction of sp³-hybridized carbons (Fsp3) is 0. The fourth-order valence-electron chi connectivity index (χ4n) is 0.949. The number of hydrogen-bond acceptors (Lipinski definition) is 3. The average Bonchev–Trinajstić information content (AvgIpc) is 2.69. The molecule has 0 aliphatic heterocycles. The lowest BCUT2D eigenvalue weighted by Gasteiger charge is -1.88. The van der Waals surface area contributed by atoms with Gasteiger partial charge < -0.3 is 0 Å². The monoisotopic (exact) mass is 188 g/mol. The number of aliphatic imine (C=N–C) groups is 1. The van der Waals surface area contributed by atoms with E-state index < -0.39 is 0 Å². The smallest absolute Gasteiger partial charge is 0.208 e. The zero-order chi connectivity index (χ0) is 8.93. The van der Waals surface area contributed by atoms with Gasteiger partial charge in [-0.2, -0.15) is 0 Å². The molecule has 0 saturated carbocycles. The van der Waals surface area contributed by atoms with Crippen molar-refractivity contribution in [1.82, 2.24) is 4.98 Å². The van der Waals surface area contributed by atoms with Crippen molar-refractivity contribution in [2.75, 3.05) is 0 Å². The minimum absolute atomic E-state index is 0.795. The maximum absolute atomic E-state index is 4.22. The molecule has 1 aromatic carbocycles. The first-order valence-electron chi connectivity index (χ1n) is 3.94. The highest BCUT2D eigenvalue weighted by Crippen LogP contribution is 2.14. The van der Waals surface area contributed by atoms with Crippen molar-refractivity contribution in [3.05, 3.63) is 47.5 Å². The lowest BCUT2D eigenvalue weighted by atomic mass is 10.2. The van der Waals surface area contributed by atoms with Crippen LogP contribution in [0.5, 0.6) is 0 Å². The lowest BCUT2D eigenvalue weighted by Crippen LogP contribution is -1.76. The van der Waals surface area contributed by atoms with Crippen LogP contribution in [-0.4, -0.2) is 11.2 Å². The topological polar surface area (TPSA) is 25.2 Å². The molecule has 0 aliphatic carbocycles. The fourth-order valence-corrected chi connectivity index (χ4v) is 1.43. The second kappa shape index (κ2) is 3.96. The van der Waals surface area contributed by atoms with Crippen LogP contribution in [0.4, 0.5) is 5.13 Å². The summed E-state index contributed by atoms with van der Waals surface area (Å²) in [6.07, 6.45) is 3.57. The molecule has 3 heteroatoms. The number of hydrogen-bond donors (Lipinski definition) is 0. The summed E-state index contributed by atoms with van der Waals surface area (Å²) in [4.78, 5) is 8.27. The molecule has 2 nitrogen and oxygen atoms in total. The van der Waals surface area contributed by atoms with Gasteiger partial charge in [0, 0.05) is 17.8 Å². The van der Waals surface area contributed by atoms with Crippen LogP contribution in [0.15, 0.2) is 46.9 Å². The van der Waals surface area contributed by atoms with Crippen molar-refractivity contribution in [2.45, 2.75) is 0 Å². The summed E-state index contributed by atoms with van der Waals surface area (Å²) >= 11 is 1.53. The molecule has 0 atom stereocenters. The average molecular weight is 188 g/mol. The second-order valence-electron chi connectivity index (χ2n) is 2.48. The minimum Gasteiger partial charge on any atom is -0.227 e. The van der Waals surface area contributed by atoms with Crippen LogP contribution in [0.25, 0.3) is 0 Å². The van der Waals surface area contributed by atoms with E-state index in [1.165, 1.54) is 11.3 Å². The van der Waals surface area contributed by atoms with Crippen molar-refractivity contribution >= 4 is 22.7 Å². The van der Waals surface area contributed by atoms with Gasteiger partial charge in [-0.25, -0.2) is 9.98 Å². The van der Waals surface area contributed by atoms with Crippen LogP contribution in [0.1, 0.15) is 5.56 Å². The number of rotatable bonds is 2. The molecule has 13 heavy (non-hydrogen) atoms. The SMILES string of the molecule is C(=N\c1nccs1)/c1ccccc1. The predicted octanol–water partition coefficient (Wildman–Crippen LogP) is 2.89. The first kappa shape index (κ1) is 8.13. The van der Waals surface area contributed by atoms with Crippen LogP contribution >= 0.6 is 11.3 Å². The molecule has 0 fully saturated rings. The second-order valence-corrected chi connectivity index (χ2v) is 3.36. The van der Waals surface area contributed by atoms with Gasteiger partial charge >= 0.3 is 0 Å². The summed E-state index contributed by atoms with van der Waals surface area (Å²) in [5.41, 5.74) is 1.10. The highest BCUT2D eigenvalue weighted by atomic mass is 32.1. The summed E-state index contributed by atoms with van der Waals surface area (Å²) < 4.78 is 0. The Kier molecular flexibility index (Phi) is 2.48. The van der Waals surface area contributed by atoms with Gasteiger partial charge in [0.2, 0.25) is 5.13 Å². The Labute approximate surface area is 80.6 Å². The van der Waals surface area contributed by atoms with Crippen molar-refractivity contribution in [3.63, 3.8) is 0 Å². The third-order valence-electron chi connectivity index (χ3n) is 1.54. The van der Waals surface area contributed by atoms with E-state index in [0.717, 1.165) is 10.7 Å². The minimum atomic E-state index is 0.795. The zero-order valence-electron chi connectivity index (χ0n) is 6.92. The van der Waals surface area contributed by atoms with E-state index in [9.17, 15) is 0 Å². The summed E-state index contributed by atoms with van der Waals surface area (Å²) in [5.74, 6) is 0. The van der Waals surface area contributed by atoms with Gasteiger partial charge in [-0.15, -0.1) is 11.3 Å². The Bertz CT molecular complexity index is 379.